The van der Waals surface area contributed by atoms with E-state index in [0.29, 0.717) is 0 Å². The Bertz CT molecular complexity index is 352. The van der Waals surface area contributed by atoms with Crippen LogP contribution in [0.5, 0.6) is 0 Å². The Morgan fingerprint density at radius 3 is 2.53 bits per heavy atom. The quantitative estimate of drug-likeness (QED) is 0.812. The van der Waals surface area contributed by atoms with Gasteiger partial charge in [0.2, 0.25) is 0 Å². The summed E-state index contributed by atoms with van der Waals surface area (Å²) < 4.78 is 0. The minimum Gasteiger partial charge on any atom is -0.399 e. The molecule has 0 aromatic heterocycles. The molecule has 1 heterocycles. The minimum atomic E-state index is 0.949. The highest BCUT2D eigenvalue weighted by molar-refractivity contribution is 5.48. The lowest BCUT2D eigenvalue weighted by molar-refractivity contribution is 0.289. The lowest BCUT2D eigenvalue weighted by Gasteiger charge is -2.20. The summed E-state index contributed by atoms with van der Waals surface area (Å²) in [4.78, 5) is 2.59. The maximum absolute atomic E-state index is 6.02. The second-order valence-electron chi connectivity index (χ2n) is 5.21. The maximum Gasteiger partial charge on any atom is 0.0347 e. The molecule has 0 radical (unpaired) electrons. The van der Waals surface area contributed by atoms with Gasteiger partial charge < -0.3 is 10.6 Å². The minimum absolute atomic E-state index is 0.949. The fourth-order valence-corrected chi connectivity index (χ4v) is 2.59. The summed E-state index contributed by atoms with van der Waals surface area (Å²) in [6.45, 7) is 5.83. The third-order valence-corrected chi connectivity index (χ3v) is 3.69. The van der Waals surface area contributed by atoms with Gasteiger partial charge >= 0.3 is 0 Å². The lowest BCUT2D eigenvalue weighted by Crippen LogP contribution is -2.27. The molecule has 2 heteroatoms. The molecule has 1 saturated heterocycles. The molecule has 17 heavy (non-hydrogen) atoms. The van der Waals surface area contributed by atoms with E-state index in [1.807, 2.05) is 6.07 Å². The van der Waals surface area contributed by atoms with E-state index in [0.717, 1.165) is 18.7 Å². The first kappa shape index (κ1) is 12.4. The first-order chi connectivity index (χ1) is 8.25. The van der Waals surface area contributed by atoms with Gasteiger partial charge in [-0.05, 0) is 50.9 Å². The molecule has 1 aromatic carbocycles. The third kappa shape index (κ3) is 3.74. The SMILES string of the molecule is Cc1ccc(N)c(CCN2CCCCCC2)c1. The Hall–Kier alpha value is -1.02. The standard InChI is InChI=1S/C15H24N2/c1-13-6-7-15(16)14(12-13)8-11-17-9-4-2-3-5-10-17/h6-7,12H,2-5,8-11,16H2,1H3. The van der Waals surface area contributed by atoms with Crippen molar-refractivity contribution < 1.29 is 0 Å². The molecule has 2 N–H and O–H groups in total. The number of rotatable bonds is 3. The summed E-state index contributed by atoms with van der Waals surface area (Å²) in [6.07, 6.45) is 6.63. The Balaban J connectivity index is 1.89. The average molecular weight is 232 g/mol. The average Bonchev–Trinajstić information content (AvgIpc) is 2.59. The van der Waals surface area contributed by atoms with Crippen LogP contribution < -0.4 is 5.73 Å². The van der Waals surface area contributed by atoms with Gasteiger partial charge in [0.1, 0.15) is 0 Å². The molecular weight excluding hydrogens is 208 g/mol. The predicted octanol–water partition coefficient (Wildman–Crippen LogP) is 3.00. The third-order valence-electron chi connectivity index (χ3n) is 3.69. The highest BCUT2D eigenvalue weighted by Gasteiger charge is 2.09. The van der Waals surface area contributed by atoms with Gasteiger partial charge in [-0.15, -0.1) is 0 Å². The van der Waals surface area contributed by atoms with Crippen molar-refractivity contribution in [3.63, 3.8) is 0 Å². The van der Waals surface area contributed by atoms with Crippen molar-refractivity contribution in [3.05, 3.63) is 29.3 Å². The van der Waals surface area contributed by atoms with Gasteiger partial charge in [-0.3, -0.25) is 0 Å². The number of anilines is 1. The van der Waals surface area contributed by atoms with Crippen LogP contribution in [0.2, 0.25) is 0 Å². The summed E-state index contributed by atoms with van der Waals surface area (Å²) in [7, 11) is 0. The van der Waals surface area contributed by atoms with E-state index in [1.165, 1.54) is 49.9 Å². The molecule has 0 spiro atoms. The van der Waals surface area contributed by atoms with Crippen LogP contribution in [0.1, 0.15) is 36.8 Å². The topological polar surface area (TPSA) is 29.3 Å². The van der Waals surface area contributed by atoms with Gasteiger partial charge in [0, 0.05) is 12.2 Å². The Morgan fingerprint density at radius 2 is 1.82 bits per heavy atom. The molecular formula is C15H24N2. The van der Waals surface area contributed by atoms with Crippen LogP contribution in [-0.4, -0.2) is 24.5 Å². The second kappa shape index (κ2) is 6.06. The maximum atomic E-state index is 6.02. The number of nitrogen functional groups attached to an aromatic ring is 1. The summed E-state index contributed by atoms with van der Waals surface area (Å²) in [5.74, 6) is 0. The zero-order chi connectivity index (χ0) is 12.1. The largest absolute Gasteiger partial charge is 0.399 e. The fraction of sp³-hybridized carbons (Fsp3) is 0.600. The van der Waals surface area contributed by atoms with Crippen molar-refractivity contribution in [2.75, 3.05) is 25.4 Å². The van der Waals surface area contributed by atoms with Crippen LogP contribution in [0.15, 0.2) is 18.2 Å². The van der Waals surface area contributed by atoms with Gasteiger partial charge in [0.25, 0.3) is 0 Å². The highest BCUT2D eigenvalue weighted by atomic mass is 15.1. The molecule has 94 valence electrons. The van der Waals surface area contributed by atoms with Crippen molar-refractivity contribution in [1.82, 2.24) is 4.90 Å². The van der Waals surface area contributed by atoms with E-state index in [-0.39, 0.29) is 0 Å². The van der Waals surface area contributed by atoms with Crippen LogP contribution in [0.3, 0.4) is 0 Å². The van der Waals surface area contributed by atoms with Crippen molar-refractivity contribution in [2.24, 2.45) is 0 Å². The molecule has 0 aliphatic carbocycles. The first-order valence-electron chi connectivity index (χ1n) is 6.83. The van der Waals surface area contributed by atoms with Crippen LogP contribution in [-0.2, 0) is 6.42 Å². The molecule has 0 saturated carbocycles. The Labute approximate surface area is 105 Å². The Kier molecular flexibility index (Phi) is 4.43. The predicted molar refractivity (Wildman–Crippen MR) is 74.2 cm³/mol. The summed E-state index contributed by atoms with van der Waals surface area (Å²) >= 11 is 0. The number of hydrogen-bond acceptors (Lipinski definition) is 2. The van der Waals surface area contributed by atoms with Crippen molar-refractivity contribution in [3.8, 4) is 0 Å². The van der Waals surface area contributed by atoms with Crippen LogP contribution in [0.4, 0.5) is 5.69 Å². The number of benzene rings is 1. The molecule has 1 aliphatic heterocycles. The van der Waals surface area contributed by atoms with E-state index < -0.39 is 0 Å². The molecule has 2 rings (SSSR count). The molecule has 1 aliphatic rings. The number of aryl methyl sites for hydroxylation is 1. The zero-order valence-electron chi connectivity index (χ0n) is 10.9. The fourth-order valence-electron chi connectivity index (χ4n) is 2.59. The van der Waals surface area contributed by atoms with E-state index in [1.54, 1.807) is 0 Å². The molecule has 0 atom stereocenters. The second-order valence-corrected chi connectivity index (χ2v) is 5.21. The van der Waals surface area contributed by atoms with E-state index >= 15 is 0 Å². The van der Waals surface area contributed by atoms with Gasteiger partial charge in [-0.25, -0.2) is 0 Å². The molecule has 1 fully saturated rings. The number of nitrogens with two attached hydrogens (primary N) is 1. The van der Waals surface area contributed by atoms with E-state index in [2.05, 4.69) is 24.0 Å². The smallest absolute Gasteiger partial charge is 0.0347 e. The Morgan fingerprint density at radius 1 is 1.12 bits per heavy atom. The van der Waals surface area contributed by atoms with Crippen LogP contribution >= 0.6 is 0 Å². The highest BCUT2D eigenvalue weighted by Crippen LogP contribution is 2.16. The molecule has 0 unspecified atom stereocenters. The van der Waals surface area contributed by atoms with E-state index in [4.69, 9.17) is 5.73 Å². The van der Waals surface area contributed by atoms with Gasteiger partial charge in [0.05, 0.1) is 0 Å². The first-order valence-corrected chi connectivity index (χ1v) is 6.83. The van der Waals surface area contributed by atoms with Crippen molar-refractivity contribution in [2.45, 2.75) is 39.0 Å². The normalized spacial score (nSPS) is 17.9. The summed E-state index contributed by atoms with van der Waals surface area (Å²) in [6, 6.07) is 6.35. The zero-order valence-corrected chi connectivity index (χ0v) is 10.9. The molecule has 2 nitrogen and oxygen atoms in total. The lowest BCUT2D eigenvalue weighted by atomic mass is 10.1. The van der Waals surface area contributed by atoms with Crippen LogP contribution in [0, 0.1) is 6.92 Å². The van der Waals surface area contributed by atoms with E-state index in [9.17, 15) is 0 Å². The van der Waals surface area contributed by atoms with Crippen molar-refractivity contribution >= 4 is 5.69 Å². The molecule has 0 bridgehead atoms. The number of nitrogens with zero attached hydrogens (tertiary/aromatic N) is 1. The number of likely N-dealkylation sites (tertiary alicyclic amines) is 1. The summed E-state index contributed by atoms with van der Waals surface area (Å²) in [5, 5.41) is 0. The summed E-state index contributed by atoms with van der Waals surface area (Å²) in [5.41, 5.74) is 9.59. The molecule has 1 aromatic rings. The van der Waals surface area contributed by atoms with Gasteiger partial charge in [0.15, 0.2) is 0 Å². The van der Waals surface area contributed by atoms with Crippen molar-refractivity contribution in [1.29, 1.82) is 0 Å². The molecule has 0 amide bonds. The van der Waals surface area contributed by atoms with Gasteiger partial charge in [-0.2, -0.15) is 0 Å². The van der Waals surface area contributed by atoms with Gasteiger partial charge in [-0.1, -0.05) is 30.5 Å². The monoisotopic (exact) mass is 232 g/mol. The number of hydrogen-bond donors (Lipinski definition) is 1. The van der Waals surface area contributed by atoms with Crippen LogP contribution in [0.25, 0.3) is 0 Å².